The number of imide groups is 1. The monoisotopic (exact) mass is 345 g/mol. The molecule has 6 heteroatoms. The summed E-state index contributed by atoms with van der Waals surface area (Å²) in [5.74, 6) is -1.23. The molecule has 0 fully saturated rings. The van der Waals surface area contributed by atoms with E-state index >= 15 is 0 Å². The van der Waals surface area contributed by atoms with Gasteiger partial charge < -0.3 is 5.73 Å². The number of nitrogens with two attached hydrogens (primary N) is 1. The first-order chi connectivity index (χ1) is 12.5. The molecule has 6 nitrogen and oxygen atoms in total. The molecule has 0 radical (unpaired) electrons. The summed E-state index contributed by atoms with van der Waals surface area (Å²) >= 11 is 0. The van der Waals surface area contributed by atoms with Crippen LogP contribution in [0.2, 0.25) is 0 Å². The lowest BCUT2D eigenvalue weighted by Gasteiger charge is -2.12. The van der Waals surface area contributed by atoms with Crippen LogP contribution in [0.25, 0.3) is 16.8 Å². The molecule has 4 rings (SSSR count). The third-order valence-corrected chi connectivity index (χ3v) is 4.46. The maximum atomic E-state index is 12.4. The third-order valence-electron chi connectivity index (χ3n) is 4.46. The van der Waals surface area contributed by atoms with E-state index in [4.69, 9.17) is 5.73 Å². The van der Waals surface area contributed by atoms with E-state index in [0.29, 0.717) is 5.69 Å². The minimum absolute atomic E-state index is 0.0185. The minimum atomic E-state index is -0.601. The number of carbonyl (C=O) groups is 2. The summed E-state index contributed by atoms with van der Waals surface area (Å²) < 4.78 is 1.23. The fourth-order valence-electron chi connectivity index (χ4n) is 3.09. The smallest absolute Gasteiger partial charge is 0.262 e. The molecule has 0 saturated carbocycles. The quantitative estimate of drug-likeness (QED) is 0.697. The first-order valence-corrected chi connectivity index (χ1v) is 8.04. The first kappa shape index (κ1) is 15.8. The van der Waals surface area contributed by atoms with Gasteiger partial charge in [-0.3, -0.25) is 24.3 Å². The fraction of sp³-hybridized carbons (Fsp3) is 0.0500. The van der Waals surface area contributed by atoms with Gasteiger partial charge in [0.2, 0.25) is 0 Å². The van der Waals surface area contributed by atoms with E-state index in [-0.39, 0.29) is 16.9 Å². The highest BCUT2D eigenvalue weighted by atomic mass is 16.2. The molecule has 0 bridgehead atoms. The number of anilines is 1. The summed E-state index contributed by atoms with van der Waals surface area (Å²) in [4.78, 5) is 36.1. The van der Waals surface area contributed by atoms with Gasteiger partial charge in [0.25, 0.3) is 17.4 Å². The number of nitrogen functional groups attached to an aromatic ring is 1. The molecular weight excluding hydrogens is 330 g/mol. The van der Waals surface area contributed by atoms with Crippen LogP contribution in [0.3, 0.4) is 0 Å². The standard InChI is InChI=1S/C20H15N3O3/c1-11-2-4-12(5-3-11)13-6-8-14(9-7-13)23-16(24)10-15-17(18(23)21)20(26)22-19(15)25/h2-10H,21H2,1H3,(H,22,25,26). The SMILES string of the molecule is Cc1ccc(-c2ccc(-n3c(N)c4c(cc3=O)C(=O)NC4=O)cc2)cc1. The van der Waals surface area contributed by atoms with Gasteiger partial charge in [-0.05, 0) is 30.2 Å². The van der Waals surface area contributed by atoms with E-state index in [1.165, 1.54) is 10.1 Å². The van der Waals surface area contributed by atoms with Gasteiger partial charge in [0, 0.05) is 6.07 Å². The van der Waals surface area contributed by atoms with Gasteiger partial charge in [-0.25, -0.2) is 0 Å². The topological polar surface area (TPSA) is 94.2 Å². The van der Waals surface area contributed by atoms with Crippen molar-refractivity contribution in [2.45, 2.75) is 6.92 Å². The van der Waals surface area contributed by atoms with Crippen LogP contribution in [0.4, 0.5) is 5.82 Å². The Morgan fingerprint density at radius 3 is 2.04 bits per heavy atom. The van der Waals surface area contributed by atoms with Gasteiger partial charge in [-0.1, -0.05) is 42.0 Å². The van der Waals surface area contributed by atoms with Gasteiger partial charge in [0.1, 0.15) is 5.82 Å². The van der Waals surface area contributed by atoms with Crippen LogP contribution in [0.15, 0.2) is 59.4 Å². The Kier molecular flexibility index (Phi) is 3.47. The number of nitrogens with one attached hydrogen (secondary N) is 1. The van der Waals surface area contributed by atoms with Crippen LogP contribution in [0.5, 0.6) is 0 Å². The Labute approximate surface area is 148 Å². The van der Waals surface area contributed by atoms with Crippen molar-refractivity contribution in [3.05, 3.63) is 81.6 Å². The summed E-state index contributed by atoms with van der Waals surface area (Å²) in [5, 5.41) is 2.15. The zero-order chi connectivity index (χ0) is 18.4. The van der Waals surface area contributed by atoms with Crippen molar-refractivity contribution in [2.75, 3.05) is 5.73 Å². The number of nitrogens with zero attached hydrogens (tertiary/aromatic N) is 1. The van der Waals surface area contributed by atoms with Crippen molar-refractivity contribution in [3.8, 4) is 16.8 Å². The van der Waals surface area contributed by atoms with E-state index in [1.807, 2.05) is 43.3 Å². The van der Waals surface area contributed by atoms with Gasteiger partial charge in [-0.2, -0.15) is 0 Å². The second-order valence-corrected chi connectivity index (χ2v) is 6.19. The number of benzene rings is 2. The summed E-state index contributed by atoms with van der Waals surface area (Å²) in [6.07, 6.45) is 0. The molecule has 0 atom stereocenters. The van der Waals surface area contributed by atoms with E-state index in [2.05, 4.69) is 5.32 Å². The van der Waals surface area contributed by atoms with Crippen LogP contribution in [0, 0.1) is 6.92 Å². The predicted octanol–water partition coefficient (Wildman–Crippen LogP) is 2.28. The van der Waals surface area contributed by atoms with E-state index < -0.39 is 17.4 Å². The summed E-state index contributed by atoms with van der Waals surface area (Å²) in [6.45, 7) is 2.02. The van der Waals surface area contributed by atoms with Crippen molar-refractivity contribution in [1.29, 1.82) is 0 Å². The molecule has 2 aromatic carbocycles. The molecule has 1 aliphatic rings. The predicted molar refractivity (Wildman–Crippen MR) is 98.4 cm³/mol. The molecule has 0 aliphatic carbocycles. The molecular formula is C20H15N3O3. The molecule has 3 aromatic rings. The Morgan fingerprint density at radius 1 is 0.846 bits per heavy atom. The van der Waals surface area contributed by atoms with Gasteiger partial charge >= 0.3 is 0 Å². The number of hydrogen-bond donors (Lipinski definition) is 2. The number of aromatic nitrogens is 1. The maximum absolute atomic E-state index is 12.4. The van der Waals surface area contributed by atoms with Crippen LogP contribution in [0.1, 0.15) is 26.3 Å². The number of hydrogen-bond acceptors (Lipinski definition) is 4. The number of rotatable bonds is 2. The van der Waals surface area contributed by atoms with E-state index in [1.54, 1.807) is 12.1 Å². The molecule has 0 saturated heterocycles. The second-order valence-electron chi connectivity index (χ2n) is 6.19. The Balaban J connectivity index is 1.81. The van der Waals surface area contributed by atoms with Crippen molar-refractivity contribution in [2.24, 2.45) is 0 Å². The molecule has 2 heterocycles. The van der Waals surface area contributed by atoms with Crippen molar-refractivity contribution in [1.82, 2.24) is 9.88 Å². The largest absolute Gasteiger partial charge is 0.384 e. The third kappa shape index (κ3) is 2.39. The van der Waals surface area contributed by atoms with Crippen LogP contribution >= 0.6 is 0 Å². The molecule has 1 aliphatic heterocycles. The van der Waals surface area contributed by atoms with E-state index in [0.717, 1.165) is 17.2 Å². The Hall–Kier alpha value is -3.67. The molecule has 26 heavy (non-hydrogen) atoms. The minimum Gasteiger partial charge on any atom is -0.384 e. The lowest BCUT2D eigenvalue weighted by Crippen LogP contribution is -2.24. The van der Waals surface area contributed by atoms with Gasteiger partial charge in [0.15, 0.2) is 0 Å². The molecule has 3 N–H and O–H groups in total. The van der Waals surface area contributed by atoms with Crippen LogP contribution < -0.4 is 16.6 Å². The van der Waals surface area contributed by atoms with Crippen LogP contribution in [-0.4, -0.2) is 16.4 Å². The lowest BCUT2D eigenvalue weighted by atomic mass is 10.0. The average molecular weight is 345 g/mol. The Bertz CT molecular complexity index is 1110. The van der Waals surface area contributed by atoms with E-state index in [9.17, 15) is 14.4 Å². The molecule has 2 amide bonds. The molecule has 128 valence electrons. The molecule has 0 spiro atoms. The molecule has 1 aromatic heterocycles. The number of carbonyl (C=O) groups excluding carboxylic acids is 2. The zero-order valence-corrected chi connectivity index (χ0v) is 13.9. The van der Waals surface area contributed by atoms with Crippen molar-refractivity contribution < 1.29 is 9.59 Å². The highest BCUT2D eigenvalue weighted by Crippen LogP contribution is 2.25. The highest BCUT2D eigenvalue weighted by molar-refractivity contribution is 6.23. The van der Waals surface area contributed by atoms with Gasteiger partial charge in [0.05, 0.1) is 16.8 Å². The zero-order valence-electron chi connectivity index (χ0n) is 13.9. The van der Waals surface area contributed by atoms with Crippen molar-refractivity contribution >= 4 is 17.6 Å². The normalized spacial score (nSPS) is 12.8. The average Bonchev–Trinajstić information content (AvgIpc) is 2.90. The first-order valence-electron chi connectivity index (χ1n) is 8.04. The van der Waals surface area contributed by atoms with Crippen molar-refractivity contribution in [3.63, 3.8) is 0 Å². The lowest BCUT2D eigenvalue weighted by molar-refractivity contribution is 0.0880. The number of amides is 2. The number of aryl methyl sites for hydroxylation is 1. The number of fused-ring (bicyclic) bond motifs is 1. The fourth-order valence-corrected chi connectivity index (χ4v) is 3.09. The second kappa shape index (κ2) is 5.70. The summed E-state index contributed by atoms with van der Waals surface area (Å²) in [5.41, 5.74) is 9.38. The maximum Gasteiger partial charge on any atom is 0.262 e. The highest BCUT2D eigenvalue weighted by Gasteiger charge is 2.31. The summed E-state index contributed by atoms with van der Waals surface area (Å²) in [6, 6.07) is 16.5. The Morgan fingerprint density at radius 2 is 1.42 bits per heavy atom. The van der Waals surface area contributed by atoms with Crippen LogP contribution in [-0.2, 0) is 0 Å². The summed E-state index contributed by atoms with van der Waals surface area (Å²) in [7, 11) is 0. The molecule has 0 unspecified atom stereocenters. The van der Waals surface area contributed by atoms with Gasteiger partial charge in [-0.15, -0.1) is 0 Å². The number of pyridine rings is 1.